The van der Waals surface area contributed by atoms with Gasteiger partial charge in [-0.3, -0.25) is 4.68 Å². The van der Waals surface area contributed by atoms with Crippen molar-refractivity contribution in [3.63, 3.8) is 0 Å². The van der Waals surface area contributed by atoms with Crippen molar-refractivity contribution >= 4 is 0 Å². The van der Waals surface area contributed by atoms with Crippen molar-refractivity contribution in [1.82, 2.24) is 24.9 Å². The second-order valence-electron chi connectivity index (χ2n) is 4.78. The smallest absolute Gasteiger partial charge is 0.433 e. The molecular weight excluding hydrogens is 327 g/mol. The molecular formula is C14H12F3N5O2. The third kappa shape index (κ3) is 3.07. The summed E-state index contributed by atoms with van der Waals surface area (Å²) in [5, 5.41) is 7.91. The van der Waals surface area contributed by atoms with Crippen LogP contribution < -0.4 is 4.74 Å². The molecule has 0 atom stereocenters. The second kappa shape index (κ2) is 5.95. The van der Waals surface area contributed by atoms with Gasteiger partial charge in [-0.15, -0.1) is 0 Å². The summed E-state index contributed by atoms with van der Waals surface area (Å²) in [6.45, 7) is 1.78. The zero-order chi connectivity index (χ0) is 17.3. The second-order valence-corrected chi connectivity index (χ2v) is 4.78. The van der Waals surface area contributed by atoms with Gasteiger partial charge in [0.1, 0.15) is 17.0 Å². The van der Waals surface area contributed by atoms with Crippen LogP contribution in [-0.2, 0) is 13.2 Å². The number of nitrogens with zero attached hydrogens (tertiary/aromatic N) is 5. The average molecular weight is 339 g/mol. The van der Waals surface area contributed by atoms with Gasteiger partial charge in [-0.05, 0) is 25.1 Å². The zero-order valence-corrected chi connectivity index (χ0v) is 12.7. The third-order valence-electron chi connectivity index (χ3n) is 3.03. The Morgan fingerprint density at radius 1 is 1.21 bits per heavy atom. The number of aromatic nitrogens is 5. The lowest BCUT2D eigenvalue weighted by atomic mass is 10.2. The van der Waals surface area contributed by atoms with Crippen LogP contribution in [0.25, 0.3) is 23.0 Å². The number of alkyl halides is 3. The van der Waals surface area contributed by atoms with Crippen molar-refractivity contribution in [3.05, 3.63) is 30.1 Å². The van der Waals surface area contributed by atoms with E-state index < -0.39 is 11.9 Å². The summed E-state index contributed by atoms with van der Waals surface area (Å²) < 4.78 is 50.2. The number of hydrogen-bond donors (Lipinski definition) is 0. The maximum atomic E-state index is 12.8. The number of pyridine rings is 1. The van der Waals surface area contributed by atoms with Gasteiger partial charge < -0.3 is 9.26 Å². The Morgan fingerprint density at radius 2 is 2.00 bits per heavy atom. The highest BCUT2D eigenvalue weighted by atomic mass is 19.4. The SMILES string of the molecule is CCOc1nc(C(F)(F)F)ccc1-c1nc(-c2ccn(C)n2)no1. The predicted octanol–water partition coefficient (Wildman–Crippen LogP) is 2.95. The van der Waals surface area contributed by atoms with E-state index in [0.29, 0.717) is 5.69 Å². The van der Waals surface area contributed by atoms with E-state index in [1.165, 1.54) is 6.07 Å². The molecule has 0 saturated carbocycles. The van der Waals surface area contributed by atoms with E-state index >= 15 is 0 Å². The summed E-state index contributed by atoms with van der Waals surface area (Å²) in [6, 6.07) is 3.71. The van der Waals surface area contributed by atoms with Crippen molar-refractivity contribution in [2.75, 3.05) is 6.61 Å². The first-order chi connectivity index (χ1) is 11.4. The topological polar surface area (TPSA) is 78.9 Å². The number of halogens is 3. The number of ether oxygens (including phenoxy) is 1. The molecule has 0 bridgehead atoms. The fourth-order valence-electron chi connectivity index (χ4n) is 1.98. The van der Waals surface area contributed by atoms with Crippen LogP contribution in [0.1, 0.15) is 12.6 Å². The minimum Gasteiger partial charge on any atom is -0.477 e. The molecule has 7 nitrogen and oxygen atoms in total. The minimum atomic E-state index is -4.57. The summed E-state index contributed by atoms with van der Waals surface area (Å²) in [5.41, 5.74) is -0.399. The van der Waals surface area contributed by atoms with E-state index in [9.17, 15) is 13.2 Å². The van der Waals surface area contributed by atoms with E-state index in [1.807, 2.05) is 0 Å². The fraction of sp³-hybridized carbons (Fsp3) is 0.286. The van der Waals surface area contributed by atoms with Gasteiger partial charge in [0, 0.05) is 13.2 Å². The van der Waals surface area contributed by atoms with Gasteiger partial charge in [-0.1, -0.05) is 5.16 Å². The van der Waals surface area contributed by atoms with Crippen molar-refractivity contribution in [1.29, 1.82) is 0 Å². The first-order valence-corrected chi connectivity index (χ1v) is 6.93. The molecule has 0 aliphatic heterocycles. The Labute approximate surface area is 134 Å². The lowest BCUT2D eigenvalue weighted by Crippen LogP contribution is -2.09. The molecule has 0 radical (unpaired) electrons. The molecule has 10 heteroatoms. The van der Waals surface area contributed by atoms with E-state index in [4.69, 9.17) is 9.26 Å². The number of hydrogen-bond acceptors (Lipinski definition) is 6. The van der Waals surface area contributed by atoms with E-state index in [1.54, 1.807) is 30.9 Å². The van der Waals surface area contributed by atoms with Crippen LogP contribution in [0.5, 0.6) is 5.88 Å². The van der Waals surface area contributed by atoms with Gasteiger partial charge in [0.15, 0.2) is 0 Å². The van der Waals surface area contributed by atoms with E-state index in [0.717, 1.165) is 6.07 Å². The summed E-state index contributed by atoms with van der Waals surface area (Å²) in [6.07, 6.45) is -2.87. The Morgan fingerprint density at radius 3 is 2.62 bits per heavy atom. The molecule has 0 unspecified atom stereocenters. The molecule has 3 rings (SSSR count). The maximum absolute atomic E-state index is 12.8. The highest BCUT2D eigenvalue weighted by molar-refractivity contribution is 5.62. The summed E-state index contributed by atoms with van der Waals surface area (Å²) in [5.74, 6) is -0.00294. The van der Waals surface area contributed by atoms with Gasteiger partial charge in [0.25, 0.3) is 5.89 Å². The summed E-state index contributed by atoms with van der Waals surface area (Å²) >= 11 is 0. The minimum absolute atomic E-state index is 0.000303. The van der Waals surface area contributed by atoms with Gasteiger partial charge >= 0.3 is 6.18 Å². The van der Waals surface area contributed by atoms with E-state index in [-0.39, 0.29) is 29.8 Å². The largest absolute Gasteiger partial charge is 0.477 e. The molecule has 0 amide bonds. The van der Waals surface area contributed by atoms with Crippen LogP contribution in [0.15, 0.2) is 28.9 Å². The van der Waals surface area contributed by atoms with Crippen LogP contribution in [-0.4, -0.2) is 31.5 Å². The van der Waals surface area contributed by atoms with Gasteiger partial charge in [-0.25, -0.2) is 4.98 Å². The molecule has 0 fully saturated rings. The molecule has 0 aromatic carbocycles. The van der Waals surface area contributed by atoms with Crippen molar-refractivity contribution < 1.29 is 22.4 Å². The molecule has 126 valence electrons. The fourth-order valence-corrected chi connectivity index (χ4v) is 1.98. The van der Waals surface area contributed by atoms with Crippen LogP contribution in [0, 0.1) is 0 Å². The summed E-state index contributed by atoms with van der Waals surface area (Å²) in [4.78, 5) is 7.65. The molecule has 0 spiro atoms. The van der Waals surface area contributed by atoms with Crippen molar-refractivity contribution in [3.8, 4) is 28.9 Å². The molecule has 0 aliphatic rings. The predicted molar refractivity (Wildman–Crippen MR) is 75.9 cm³/mol. The Balaban J connectivity index is 2.01. The monoisotopic (exact) mass is 339 g/mol. The van der Waals surface area contributed by atoms with Crippen LogP contribution >= 0.6 is 0 Å². The molecule has 3 heterocycles. The molecule has 3 aromatic rings. The van der Waals surface area contributed by atoms with Gasteiger partial charge in [-0.2, -0.15) is 23.3 Å². The molecule has 0 saturated heterocycles. The average Bonchev–Trinajstić information content (AvgIpc) is 3.15. The van der Waals surface area contributed by atoms with Crippen molar-refractivity contribution in [2.45, 2.75) is 13.1 Å². The van der Waals surface area contributed by atoms with Gasteiger partial charge in [0.2, 0.25) is 11.7 Å². The van der Waals surface area contributed by atoms with Crippen LogP contribution in [0.3, 0.4) is 0 Å². The number of aryl methyl sites for hydroxylation is 1. The highest BCUT2D eigenvalue weighted by Crippen LogP contribution is 2.34. The van der Waals surface area contributed by atoms with Crippen LogP contribution in [0.4, 0.5) is 13.2 Å². The Bertz CT molecular complexity index is 856. The van der Waals surface area contributed by atoms with Crippen molar-refractivity contribution in [2.24, 2.45) is 7.05 Å². The maximum Gasteiger partial charge on any atom is 0.433 e. The number of rotatable bonds is 4. The Kier molecular flexibility index (Phi) is 3.96. The summed E-state index contributed by atoms with van der Waals surface area (Å²) in [7, 11) is 1.73. The lowest BCUT2D eigenvalue weighted by molar-refractivity contribution is -0.141. The zero-order valence-electron chi connectivity index (χ0n) is 12.7. The molecule has 0 aliphatic carbocycles. The highest BCUT2D eigenvalue weighted by Gasteiger charge is 2.34. The van der Waals surface area contributed by atoms with Gasteiger partial charge in [0.05, 0.1) is 6.61 Å². The lowest BCUT2D eigenvalue weighted by Gasteiger charge is -2.10. The first-order valence-electron chi connectivity index (χ1n) is 6.93. The molecule has 3 aromatic heterocycles. The van der Waals surface area contributed by atoms with Crippen LogP contribution in [0.2, 0.25) is 0 Å². The molecule has 0 N–H and O–H groups in total. The van der Waals surface area contributed by atoms with E-state index in [2.05, 4.69) is 20.2 Å². The standard InChI is InChI=1S/C14H12F3N5O2/c1-3-23-12-8(4-5-10(18-12)14(15,16)17)13-19-11(21-24-13)9-6-7-22(2)20-9/h4-7H,3H2,1-2H3. The normalized spacial score (nSPS) is 11.7. The Hall–Kier alpha value is -2.91. The third-order valence-corrected chi connectivity index (χ3v) is 3.03. The quantitative estimate of drug-likeness (QED) is 0.727. The molecule has 24 heavy (non-hydrogen) atoms. The first kappa shape index (κ1) is 16.0.